The molecule has 0 radical (unpaired) electrons. The van der Waals surface area contributed by atoms with E-state index in [2.05, 4.69) is 20.4 Å². The van der Waals surface area contributed by atoms with Gasteiger partial charge in [0.1, 0.15) is 17.2 Å². The van der Waals surface area contributed by atoms with Gasteiger partial charge in [-0.15, -0.1) is 0 Å². The average molecular weight is 457 g/mol. The molecule has 1 amide bonds. The molecule has 1 N–H and O–H groups in total. The molecule has 0 spiro atoms. The Balaban J connectivity index is 1.58. The Kier molecular flexibility index (Phi) is 5.43. The van der Waals surface area contributed by atoms with Crippen LogP contribution in [0, 0.1) is 11.6 Å². The first-order chi connectivity index (χ1) is 15.2. The minimum atomic E-state index is -1.05. The van der Waals surface area contributed by atoms with Gasteiger partial charge in [0.25, 0.3) is 5.91 Å². The van der Waals surface area contributed by atoms with Gasteiger partial charge in [0.05, 0.1) is 23.1 Å². The molecule has 0 saturated heterocycles. The van der Waals surface area contributed by atoms with Gasteiger partial charge < -0.3 is 10.2 Å². The summed E-state index contributed by atoms with van der Waals surface area (Å²) in [6, 6.07) is 7.97. The number of carbonyl (C=O) groups excluding carboxylic acids is 2. The van der Waals surface area contributed by atoms with Crippen molar-refractivity contribution in [3.63, 3.8) is 0 Å². The number of amides is 1. The van der Waals surface area contributed by atoms with Gasteiger partial charge in [0.2, 0.25) is 5.78 Å². The topological polar surface area (TPSA) is 93.5 Å². The number of ketones is 1. The van der Waals surface area contributed by atoms with Gasteiger partial charge in [-0.1, -0.05) is 28.9 Å². The van der Waals surface area contributed by atoms with Gasteiger partial charge in [-0.05, 0) is 38.1 Å². The Labute approximate surface area is 186 Å². The zero-order valence-corrected chi connectivity index (χ0v) is 17.6. The van der Waals surface area contributed by atoms with E-state index in [9.17, 15) is 18.4 Å². The number of anilines is 1. The summed E-state index contributed by atoms with van der Waals surface area (Å²) < 4.78 is 27.6. The fourth-order valence-corrected chi connectivity index (χ4v) is 3.22. The first kappa shape index (κ1) is 21.5. The first-order valence-corrected chi connectivity index (χ1v) is 9.74. The number of nitrogens with zero attached hydrogens (tertiary/aromatic N) is 3. The zero-order valence-electron chi connectivity index (χ0n) is 16.8. The van der Waals surface area contributed by atoms with Crippen LogP contribution < -0.4 is 5.32 Å². The van der Waals surface area contributed by atoms with E-state index < -0.39 is 28.7 Å². The van der Waals surface area contributed by atoms with Crippen LogP contribution in [0.3, 0.4) is 0 Å². The summed E-state index contributed by atoms with van der Waals surface area (Å²) in [5.41, 5.74) is -0.299. The van der Waals surface area contributed by atoms with Gasteiger partial charge >= 0.3 is 0 Å². The standard InChI is InChI=1S/C22H15ClF2N4O3/c1-22(2)20(30)19(29-32-22)11-6-7-13(23)12(8-11)16-9-27-17(10-26-16)28-21(31)18-14(24)4-3-5-15(18)25/h3-10H,1-2H3,(H,27,28,31). The Morgan fingerprint density at radius 1 is 1.09 bits per heavy atom. The monoisotopic (exact) mass is 456 g/mol. The van der Waals surface area contributed by atoms with Crippen LogP contribution in [0.15, 0.2) is 53.9 Å². The van der Waals surface area contributed by atoms with Crippen molar-refractivity contribution in [2.75, 3.05) is 5.32 Å². The summed E-state index contributed by atoms with van der Waals surface area (Å²) in [6.45, 7) is 3.24. The average Bonchev–Trinajstić information content (AvgIpc) is 3.02. The van der Waals surface area contributed by atoms with Crippen LogP contribution in [0.5, 0.6) is 0 Å². The number of halogens is 3. The number of nitrogens with one attached hydrogen (secondary N) is 1. The molecule has 10 heteroatoms. The highest BCUT2D eigenvalue weighted by Crippen LogP contribution is 2.30. The van der Waals surface area contributed by atoms with E-state index in [-0.39, 0.29) is 17.3 Å². The fourth-order valence-electron chi connectivity index (χ4n) is 3.01. The van der Waals surface area contributed by atoms with Crippen LogP contribution in [-0.2, 0) is 9.63 Å². The number of rotatable bonds is 4. The molecule has 32 heavy (non-hydrogen) atoms. The molecule has 0 atom stereocenters. The Hall–Kier alpha value is -3.72. The van der Waals surface area contributed by atoms with Crippen LogP contribution in [0.25, 0.3) is 11.3 Å². The molecular formula is C22H15ClF2N4O3. The second-order valence-electron chi connectivity index (χ2n) is 7.40. The number of Topliss-reactive ketones (excluding diaryl/α,β-unsaturated/α-hetero) is 1. The van der Waals surface area contributed by atoms with Crippen molar-refractivity contribution < 1.29 is 23.2 Å². The van der Waals surface area contributed by atoms with E-state index in [0.29, 0.717) is 21.8 Å². The fraction of sp³-hybridized carbons (Fsp3) is 0.136. The summed E-state index contributed by atoms with van der Waals surface area (Å²) in [6.07, 6.45) is 2.55. The molecule has 2 heterocycles. The van der Waals surface area contributed by atoms with Gasteiger partial charge in [0.15, 0.2) is 17.1 Å². The van der Waals surface area contributed by atoms with Crippen molar-refractivity contribution in [3.8, 4) is 11.3 Å². The molecule has 0 aliphatic carbocycles. The first-order valence-electron chi connectivity index (χ1n) is 9.36. The minimum absolute atomic E-state index is 0.0147. The lowest BCUT2D eigenvalue weighted by Gasteiger charge is -2.12. The highest BCUT2D eigenvalue weighted by atomic mass is 35.5. The van der Waals surface area contributed by atoms with Crippen molar-refractivity contribution in [1.29, 1.82) is 0 Å². The highest BCUT2D eigenvalue weighted by molar-refractivity contribution is 6.49. The number of aromatic nitrogens is 2. The van der Waals surface area contributed by atoms with E-state index in [4.69, 9.17) is 16.4 Å². The number of carbonyl (C=O) groups is 2. The largest absolute Gasteiger partial charge is 0.381 e. The van der Waals surface area contributed by atoms with Crippen molar-refractivity contribution in [1.82, 2.24) is 9.97 Å². The maximum absolute atomic E-state index is 13.8. The Bertz CT molecular complexity index is 1260. The molecule has 1 aliphatic heterocycles. The van der Waals surface area contributed by atoms with E-state index in [1.54, 1.807) is 32.0 Å². The lowest BCUT2D eigenvalue weighted by atomic mass is 9.95. The summed E-state index contributed by atoms with van der Waals surface area (Å²) in [5.74, 6) is -3.27. The van der Waals surface area contributed by atoms with Crippen LogP contribution in [0.1, 0.15) is 29.8 Å². The van der Waals surface area contributed by atoms with Crippen LogP contribution >= 0.6 is 11.6 Å². The molecule has 7 nitrogen and oxygen atoms in total. The summed E-state index contributed by atoms with van der Waals surface area (Å²) in [4.78, 5) is 38.1. The second kappa shape index (κ2) is 8.08. The highest BCUT2D eigenvalue weighted by Gasteiger charge is 2.40. The second-order valence-corrected chi connectivity index (χ2v) is 7.81. The molecule has 4 rings (SSSR count). The molecule has 2 aromatic carbocycles. The SMILES string of the molecule is CC1(C)ON=C(c2ccc(Cl)c(-c3cnc(NC(=O)c4c(F)cccc4F)cn3)c2)C1=O. The molecule has 3 aromatic rings. The van der Waals surface area contributed by atoms with E-state index in [1.807, 2.05) is 0 Å². The number of hydrogen-bond donors (Lipinski definition) is 1. The Morgan fingerprint density at radius 3 is 2.41 bits per heavy atom. The molecule has 0 unspecified atom stereocenters. The third kappa shape index (κ3) is 3.94. The third-order valence-electron chi connectivity index (χ3n) is 4.73. The Morgan fingerprint density at radius 2 is 1.81 bits per heavy atom. The van der Waals surface area contributed by atoms with Crippen molar-refractivity contribution in [2.24, 2.45) is 5.16 Å². The normalized spacial score (nSPS) is 14.7. The molecule has 162 valence electrons. The van der Waals surface area contributed by atoms with Crippen LogP contribution in [0.2, 0.25) is 5.02 Å². The minimum Gasteiger partial charge on any atom is -0.381 e. The summed E-state index contributed by atoms with van der Waals surface area (Å²) in [7, 11) is 0. The number of oxime groups is 1. The van der Waals surface area contributed by atoms with Crippen molar-refractivity contribution >= 4 is 34.8 Å². The van der Waals surface area contributed by atoms with Crippen molar-refractivity contribution in [3.05, 3.63) is 76.6 Å². The lowest BCUT2D eigenvalue weighted by Crippen LogP contribution is -2.33. The molecule has 1 aromatic heterocycles. The predicted molar refractivity (Wildman–Crippen MR) is 113 cm³/mol. The molecule has 1 aliphatic rings. The van der Waals surface area contributed by atoms with E-state index in [0.717, 1.165) is 18.2 Å². The van der Waals surface area contributed by atoms with Gasteiger partial charge in [0, 0.05) is 11.1 Å². The van der Waals surface area contributed by atoms with Gasteiger partial charge in [-0.2, -0.15) is 0 Å². The van der Waals surface area contributed by atoms with Crippen LogP contribution in [-0.4, -0.2) is 33.0 Å². The zero-order chi connectivity index (χ0) is 23.0. The van der Waals surface area contributed by atoms with Crippen molar-refractivity contribution in [2.45, 2.75) is 19.4 Å². The van der Waals surface area contributed by atoms with Crippen LogP contribution in [0.4, 0.5) is 14.6 Å². The smallest absolute Gasteiger partial charge is 0.262 e. The molecule has 0 saturated carbocycles. The number of benzene rings is 2. The molecule has 0 fully saturated rings. The molecule has 0 bridgehead atoms. The van der Waals surface area contributed by atoms with E-state index >= 15 is 0 Å². The summed E-state index contributed by atoms with van der Waals surface area (Å²) in [5, 5.41) is 6.52. The van der Waals surface area contributed by atoms with Gasteiger partial charge in [-0.3, -0.25) is 14.6 Å². The lowest BCUT2D eigenvalue weighted by molar-refractivity contribution is -0.128. The van der Waals surface area contributed by atoms with Gasteiger partial charge in [-0.25, -0.2) is 13.8 Å². The maximum atomic E-state index is 13.8. The molecular weight excluding hydrogens is 442 g/mol. The predicted octanol–water partition coefficient (Wildman–Crippen LogP) is 4.41. The maximum Gasteiger partial charge on any atom is 0.262 e. The van der Waals surface area contributed by atoms with E-state index in [1.165, 1.54) is 12.4 Å². The third-order valence-corrected chi connectivity index (χ3v) is 5.06. The quantitative estimate of drug-likeness (QED) is 0.627. The number of hydrogen-bond acceptors (Lipinski definition) is 6. The summed E-state index contributed by atoms with van der Waals surface area (Å²) >= 11 is 6.29.